The lowest BCUT2D eigenvalue weighted by atomic mass is 10.2. The summed E-state index contributed by atoms with van der Waals surface area (Å²) in [6, 6.07) is -0.378. The summed E-state index contributed by atoms with van der Waals surface area (Å²) < 4.78 is 27.2. The molecular formula is C10H18N2O5S. The normalized spacial score (nSPS) is 22.2. The molecule has 1 unspecified atom stereocenters. The van der Waals surface area contributed by atoms with Crippen molar-refractivity contribution in [3.05, 3.63) is 0 Å². The molecule has 104 valence electrons. The molecule has 1 rings (SSSR count). The first-order chi connectivity index (χ1) is 8.34. The average Bonchev–Trinajstić information content (AvgIpc) is 2.27. The van der Waals surface area contributed by atoms with Gasteiger partial charge >= 0.3 is 5.97 Å². The average molecular weight is 278 g/mol. The molecule has 18 heavy (non-hydrogen) atoms. The molecule has 0 aromatic carbocycles. The zero-order valence-electron chi connectivity index (χ0n) is 10.5. The molecule has 0 bridgehead atoms. The van der Waals surface area contributed by atoms with Gasteiger partial charge in [-0.2, -0.15) is 0 Å². The van der Waals surface area contributed by atoms with Crippen LogP contribution in [0.15, 0.2) is 0 Å². The molecule has 1 heterocycles. The smallest absolute Gasteiger partial charge is 0.325 e. The maximum atomic E-state index is 11.8. The second kappa shape index (κ2) is 6.14. The topological polar surface area (TPSA) is 92.8 Å². The lowest BCUT2D eigenvalue weighted by Crippen LogP contribution is -2.47. The minimum Gasteiger partial charge on any atom is -0.468 e. The first-order valence-corrected chi connectivity index (χ1v) is 7.41. The number of ether oxygens (including phenoxy) is 1. The Morgan fingerprint density at radius 1 is 1.44 bits per heavy atom. The van der Waals surface area contributed by atoms with Gasteiger partial charge in [0.05, 0.1) is 18.6 Å². The van der Waals surface area contributed by atoms with Gasteiger partial charge in [0.2, 0.25) is 5.91 Å². The van der Waals surface area contributed by atoms with E-state index in [0.29, 0.717) is 6.54 Å². The fourth-order valence-corrected chi connectivity index (χ4v) is 3.16. The van der Waals surface area contributed by atoms with Gasteiger partial charge in [0, 0.05) is 26.1 Å². The zero-order valence-corrected chi connectivity index (χ0v) is 11.3. The Morgan fingerprint density at radius 3 is 2.67 bits per heavy atom. The summed E-state index contributed by atoms with van der Waals surface area (Å²) in [5, 5.41) is 2.98. The number of carbonyl (C=O) groups is 2. The predicted molar refractivity (Wildman–Crippen MR) is 64.7 cm³/mol. The maximum Gasteiger partial charge on any atom is 0.325 e. The van der Waals surface area contributed by atoms with Crippen molar-refractivity contribution in [2.24, 2.45) is 0 Å². The van der Waals surface area contributed by atoms with Crippen molar-refractivity contribution in [2.75, 3.05) is 38.8 Å². The molecule has 1 aliphatic rings. The van der Waals surface area contributed by atoms with Gasteiger partial charge in [-0.1, -0.05) is 0 Å². The Balaban J connectivity index is 2.46. The van der Waals surface area contributed by atoms with E-state index < -0.39 is 15.8 Å². The number of carbonyl (C=O) groups excluding carboxylic acids is 2. The van der Waals surface area contributed by atoms with Crippen molar-refractivity contribution in [1.82, 2.24) is 10.2 Å². The van der Waals surface area contributed by atoms with E-state index in [0.717, 1.165) is 0 Å². The number of rotatable bonds is 4. The maximum absolute atomic E-state index is 11.8. The van der Waals surface area contributed by atoms with Crippen LogP contribution in [0.25, 0.3) is 0 Å². The number of esters is 1. The van der Waals surface area contributed by atoms with Gasteiger partial charge in [-0.15, -0.1) is 0 Å². The van der Waals surface area contributed by atoms with E-state index >= 15 is 0 Å². The first kappa shape index (κ1) is 14.9. The van der Waals surface area contributed by atoms with E-state index in [2.05, 4.69) is 10.1 Å². The van der Waals surface area contributed by atoms with Crippen molar-refractivity contribution in [1.29, 1.82) is 0 Å². The summed E-state index contributed by atoms with van der Waals surface area (Å²) in [6.45, 7) is 0.232. The summed E-state index contributed by atoms with van der Waals surface area (Å²) >= 11 is 0. The molecule has 1 N–H and O–H groups in total. The number of hydrogen-bond donors (Lipinski definition) is 1. The molecule has 0 aliphatic carbocycles. The van der Waals surface area contributed by atoms with Gasteiger partial charge in [-0.3, -0.25) is 9.59 Å². The molecule has 1 amide bonds. The second-order valence-corrected chi connectivity index (χ2v) is 6.52. The molecule has 1 aliphatic heterocycles. The van der Waals surface area contributed by atoms with Gasteiger partial charge in [-0.05, 0) is 0 Å². The van der Waals surface area contributed by atoms with Crippen molar-refractivity contribution in [3.8, 4) is 0 Å². The van der Waals surface area contributed by atoms with E-state index in [9.17, 15) is 18.0 Å². The monoisotopic (exact) mass is 278 g/mol. The molecule has 8 heteroatoms. The highest BCUT2D eigenvalue weighted by molar-refractivity contribution is 7.91. The zero-order chi connectivity index (χ0) is 13.8. The van der Waals surface area contributed by atoms with Crippen LogP contribution in [-0.4, -0.2) is 70.0 Å². The van der Waals surface area contributed by atoms with Gasteiger partial charge < -0.3 is 15.0 Å². The molecule has 0 spiro atoms. The third-order valence-corrected chi connectivity index (χ3v) is 4.48. The quantitative estimate of drug-likeness (QED) is 0.622. The summed E-state index contributed by atoms with van der Waals surface area (Å²) in [5.74, 6) is -0.717. The van der Waals surface area contributed by atoms with Gasteiger partial charge in [0.1, 0.15) is 6.54 Å². The van der Waals surface area contributed by atoms with E-state index in [1.54, 1.807) is 0 Å². The van der Waals surface area contributed by atoms with Crippen LogP contribution in [0.3, 0.4) is 0 Å². The first-order valence-electron chi connectivity index (χ1n) is 5.58. The molecule has 0 aromatic rings. The standard InChI is InChI=1S/C10H18N2O5S/c1-12(6-10(14)17-2)9(13)5-8-7-18(15,16)4-3-11-8/h8,11H,3-7H2,1-2H3. The highest BCUT2D eigenvalue weighted by atomic mass is 32.2. The molecule has 7 nitrogen and oxygen atoms in total. The summed E-state index contributed by atoms with van der Waals surface area (Å²) in [5.41, 5.74) is 0. The summed E-state index contributed by atoms with van der Waals surface area (Å²) in [7, 11) is -0.327. The molecule has 1 fully saturated rings. The number of sulfone groups is 1. The van der Waals surface area contributed by atoms with Gasteiger partial charge in [0.25, 0.3) is 0 Å². The van der Waals surface area contributed by atoms with Crippen molar-refractivity contribution in [2.45, 2.75) is 12.5 Å². The van der Waals surface area contributed by atoms with Gasteiger partial charge in [0.15, 0.2) is 9.84 Å². The third kappa shape index (κ3) is 4.61. The largest absolute Gasteiger partial charge is 0.468 e. The highest BCUT2D eigenvalue weighted by Gasteiger charge is 2.27. The molecule has 0 aromatic heterocycles. The number of nitrogens with one attached hydrogen (secondary N) is 1. The lowest BCUT2D eigenvalue weighted by Gasteiger charge is -2.25. The van der Waals surface area contributed by atoms with Crippen molar-refractivity contribution >= 4 is 21.7 Å². The number of amides is 1. The summed E-state index contributed by atoms with van der Waals surface area (Å²) in [6.07, 6.45) is 0.0622. The van der Waals surface area contributed by atoms with E-state index in [1.807, 2.05) is 0 Å². The van der Waals surface area contributed by atoms with Crippen molar-refractivity contribution < 1.29 is 22.7 Å². The number of nitrogens with zero attached hydrogens (tertiary/aromatic N) is 1. The number of hydrogen-bond acceptors (Lipinski definition) is 6. The summed E-state index contributed by atoms with van der Waals surface area (Å²) in [4.78, 5) is 24.0. The van der Waals surface area contributed by atoms with Crippen LogP contribution in [-0.2, 0) is 24.2 Å². The van der Waals surface area contributed by atoms with E-state index in [1.165, 1.54) is 19.1 Å². The SMILES string of the molecule is COC(=O)CN(C)C(=O)CC1CS(=O)(=O)CCN1. The van der Waals surface area contributed by atoms with Crippen molar-refractivity contribution in [3.63, 3.8) is 0 Å². The minimum atomic E-state index is -3.06. The fraction of sp³-hybridized carbons (Fsp3) is 0.800. The van der Waals surface area contributed by atoms with Crippen LogP contribution in [0.4, 0.5) is 0 Å². The highest BCUT2D eigenvalue weighted by Crippen LogP contribution is 2.06. The van der Waals surface area contributed by atoms with Crippen LogP contribution in [0, 0.1) is 0 Å². The Kier molecular flexibility index (Phi) is 5.09. The molecule has 0 radical (unpaired) electrons. The fourth-order valence-electron chi connectivity index (χ4n) is 1.71. The number of likely N-dealkylation sites (N-methyl/N-ethyl adjacent to an activating group) is 1. The van der Waals surface area contributed by atoms with Crippen LogP contribution < -0.4 is 5.32 Å². The van der Waals surface area contributed by atoms with Crippen LogP contribution >= 0.6 is 0 Å². The molecule has 1 saturated heterocycles. The second-order valence-electron chi connectivity index (χ2n) is 4.30. The van der Waals surface area contributed by atoms with E-state index in [-0.39, 0.29) is 36.4 Å². The van der Waals surface area contributed by atoms with Crippen LogP contribution in [0.2, 0.25) is 0 Å². The van der Waals surface area contributed by atoms with Crippen LogP contribution in [0.1, 0.15) is 6.42 Å². The Morgan fingerprint density at radius 2 is 2.11 bits per heavy atom. The lowest BCUT2D eigenvalue weighted by molar-refractivity contribution is -0.146. The minimum absolute atomic E-state index is 0.0369. The van der Waals surface area contributed by atoms with Gasteiger partial charge in [-0.25, -0.2) is 8.42 Å². The van der Waals surface area contributed by atoms with E-state index in [4.69, 9.17) is 0 Å². The third-order valence-electron chi connectivity index (χ3n) is 2.74. The number of methoxy groups -OCH3 is 1. The Bertz CT molecular complexity index is 420. The molecule has 0 saturated carbocycles. The molecule has 1 atom stereocenters. The molecular weight excluding hydrogens is 260 g/mol. The Labute approximate surface area is 106 Å². The van der Waals surface area contributed by atoms with Crippen LogP contribution in [0.5, 0.6) is 0 Å². The predicted octanol–water partition coefficient (Wildman–Crippen LogP) is -1.61. The Hall–Kier alpha value is -1.15.